The first-order valence-corrected chi connectivity index (χ1v) is 11.9. The average Bonchev–Trinajstić information content (AvgIpc) is 3.30. The third kappa shape index (κ3) is 6.10. The van der Waals surface area contributed by atoms with Crippen LogP contribution >= 0.6 is 11.3 Å². The molecule has 188 valence electrons. The van der Waals surface area contributed by atoms with Crippen LogP contribution in [0.2, 0.25) is 0 Å². The molecule has 2 aromatic heterocycles. The lowest BCUT2D eigenvalue weighted by Gasteiger charge is -2.14. The van der Waals surface area contributed by atoms with E-state index in [1.807, 2.05) is 30.1 Å². The Balaban J connectivity index is 1.34. The van der Waals surface area contributed by atoms with Gasteiger partial charge >= 0.3 is 6.18 Å². The SMILES string of the molecule is CN(CCO)c1cc2ncnc(NCCc3ccc(NC(=O)c4cccc(C(F)(F)F)c4)cc3)c2s1. The second-order valence-electron chi connectivity index (χ2n) is 8.07. The number of aromatic nitrogens is 2. The van der Waals surface area contributed by atoms with Crippen molar-refractivity contribution in [3.05, 3.63) is 77.6 Å². The Hall–Kier alpha value is -3.70. The van der Waals surface area contributed by atoms with Gasteiger partial charge in [-0.15, -0.1) is 11.3 Å². The molecule has 3 N–H and O–H groups in total. The van der Waals surface area contributed by atoms with Gasteiger partial charge in [0.2, 0.25) is 0 Å². The van der Waals surface area contributed by atoms with Crippen LogP contribution in [0.15, 0.2) is 60.9 Å². The maximum Gasteiger partial charge on any atom is 0.416 e. The van der Waals surface area contributed by atoms with Crippen molar-refractivity contribution in [1.29, 1.82) is 0 Å². The topological polar surface area (TPSA) is 90.4 Å². The molecule has 0 saturated heterocycles. The number of carbonyl (C=O) groups is 1. The Morgan fingerprint density at radius 3 is 2.61 bits per heavy atom. The molecular weight excluding hydrogens is 491 g/mol. The van der Waals surface area contributed by atoms with Gasteiger partial charge in [-0.05, 0) is 48.4 Å². The first-order chi connectivity index (χ1) is 17.2. The lowest BCUT2D eigenvalue weighted by Crippen LogP contribution is -2.19. The predicted molar refractivity (Wildman–Crippen MR) is 136 cm³/mol. The van der Waals surface area contributed by atoms with E-state index < -0.39 is 17.6 Å². The van der Waals surface area contributed by atoms with E-state index in [1.54, 1.807) is 23.5 Å². The predicted octanol–water partition coefficient (Wildman–Crippen LogP) is 5.05. The minimum atomic E-state index is -4.51. The molecule has 0 fully saturated rings. The molecule has 0 spiro atoms. The van der Waals surface area contributed by atoms with Gasteiger partial charge in [0.05, 0.1) is 27.4 Å². The molecule has 0 radical (unpaired) electrons. The lowest BCUT2D eigenvalue weighted by molar-refractivity contribution is -0.137. The van der Waals surface area contributed by atoms with E-state index in [1.165, 1.54) is 18.5 Å². The highest BCUT2D eigenvalue weighted by atomic mass is 32.1. The number of likely N-dealkylation sites (N-methyl/N-ethyl adjacent to an activating group) is 1. The number of benzene rings is 2. The highest BCUT2D eigenvalue weighted by molar-refractivity contribution is 7.23. The van der Waals surface area contributed by atoms with E-state index in [9.17, 15) is 18.0 Å². The van der Waals surface area contributed by atoms with Crippen molar-refractivity contribution in [2.24, 2.45) is 0 Å². The van der Waals surface area contributed by atoms with Crippen molar-refractivity contribution in [1.82, 2.24) is 9.97 Å². The summed E-state index contributed by atoms with van der Waals surface area (Å²) in [6.07, 6.45) is -2.31. The molecule has 36 heavy (non-hydrogen) atoms. The average molecular weight is 516 g/mol. The van der Waals surface area contributed by atoms with Crippen LogP contribution in [-0.2, 0) is 12.6 Å². The number of aliphatic hydroxyl groups excluding tert-OH is 1. The fourth-order valence-electron chi connectivity index (χ4n) is 3.54. The number of carbonyl (C=O) groups excluding carboxylic acids is 1. The standard InChI is InChI=1S/C25H24F3N5O2S/c1-33(11-12-34)21-14-20-22(36-21)23(31-15-30-20)29-10-9-16-5-7-19(8-6-16)32-24(35)17-3-2-4-18(13-17)25(26,27)28/h2-8,13-15,34H,9-12H2,1H3,(H,32,35)(H,29,30,31). The van der Waals surface area contributed by atoms with Gasteiger partial charge in [0.1, 0.15) is 12.1 Å². The van der Waals surface area contributed by atoms with Crippen LogP contribution in [0.25, 0.3) is 10.2 Å². The van der Waals surface area contributed by atoms with Gasteiger partial charge < -0.3 is 20.6 Å². The molecule has 0 atom stereocenters. The van der Waals surface area contributed by atoms with Gasteiger partial charge in [-0.25, -0.2) is 9.97 Å². The number of alkyl halides is 3. The van der Waals surface area contributed by atoms with E-state index >= 15 is 0 Å². The van der Waals surface area contributed by atoms with Crippen LogP contribution < -0.4 is 15.5 Å². The van der Waals surface area contributed by atoms with Crippen molar-refractivity contribution in [2.75, 3.05) is 42.3 Å². The van der Waals surface area contributed by atoms with Gasteiger partial charge in [-0.1, -0.05) is 18.2 Å². The largest absolute Gasteiger partial charge is 0.416 e. The van der Waals surface area contributed by atoms with Crippen LogP contribution in [0.1, 0.15) is 21.5 Å². The molecule has 0 aliphatic rings. The maximum absolute atomic E-state index is 12.9. The molecule has 0 aliphatic carbocycles. The fraction of sp³-hybridized carbons (Fsp3) is 0.240. The molecule has 4 rings (SSSR count). The van der Waals surface area contributed by atoms with E-state index in [-0.39, 0.29) is 12.2 Å². The number of nitrogens with zero attached hydrogens (tertiary/aromatic N) is 3. The highest BCUT2D eigenvalue weighted by Crippen LogP contribution is 2.34. The number of nitrogens with one attached hydrogen (secondary N) is 2. The molecule has 0 saturated carbocycles. The summed E-state index contributed by atoms with van der Waals surface area (Å²) in [5.74, 6) is 0.127. The van der Waals surface area contributed by atoms with Crippen molar-refractivity contribution in [3.8, 4) is 0 Å². The molecule has 1 amide bonds. The van der Waals surface area contributed by atoms with Crippen LogP contribution in [0, 0.1) is 0 Å². The number of thiophene rings is 1. The summed E-state index contributed by atoms with van der Waals surface area (Å²) in [5, 5.41) is 16.1. The van der Waals surface area contributed by atoms with Crippen molar-refractivity contribution in [3.63, 3.8) is 0 Å². The second kappa shape index (κ2) is 10.9. The van der Waals surface area contributed by atoms with Crippen molar-refractivity contribution in [2.45, 2.75) is 12.6 Å². The molecule has 0 unspecified atom stereocenters. The highest BCUT2D eigenvalue weighted by Gasteiger charge is 2.30. The van der Waals surface area contributed by atoms with Crippen molar-refractivity contribution >= 4 is 44.0 Å². The zero-order valence-electron chi connectivity index (χ0n) is 19.3. The Morgan fingerprint density at radius 2 is 1.89 bits per heavy atom. The van der Waals surface area contributed by atoms with E-state index in [0.29, 0.717) is 25.2 Å². The summed E-state index contributed by atoms with van der Waals surface area (Å²) in [7, 11) is 1.91. The third-order valence-electron chi connectivity index (χ3n) is 5.48. The molecular formula is C25H24F3N5O2S. The third-order valence-corrected chi connectivity index (χ3v) is 6.73. The first-order valence-electron chi connectivity index (χ1n) is 11.1. The van der Waals surface area contributed by atoms with Crippen LogP contribution in [0.3, 0.4) is 0 Å². The molecule has 7 nitrogen and oxygen atoms in total. The Morgan fingerprint density at radius 1 is 1.11 bits per heavy atom. The molecule has 4 aromatic rings. The molecule has 11 heteroatoms. The zero-order valence-corrected chi connectivity index (χ0v) is 20.2. The smallest absolute Gasteiger partial charge is 0.395 e. The van der Waals surface area contributed by atoms with E-state index in [0.717, 1.165) is 38.7 Å². The summed E-state index contributed by atoms with van der Waals surface area (Å²) < 4.78 is 39.6. The van der Waals surface area contributed by atoms with E-state index in [2.05, 4.69) is 20.6 Å². The zero-order chi connectivity index (χ0) is 25.7. The summed E-state index contributed by atoms with van der Waals surface area (Å²) in [5.41, 5.74) is 1.41. The summed E-state index contributed by atoms with van der Waals surface area (Å²) in [6, 6.07) is 13.4. The maximum atomic E-state index is 12.9. The van der Waals surface area contributed by atoms with Crippen LogP contribution in [0.5, 0.6) is 0 Å². The van der Waals surface area contributed by atoms with Gasteiger partial charge in [-0.3, -0.25) is 4.79 Å². The van der Waals surface area contributed by atoms with E-state index in [4.69, 9.17) is 5.11 Å². The quantitative estimate of drug-likeness (QED) is 0.289. The number of amides is 1. The Bertz CT molecular complexity index is 1340. The summed E-state index contributed by atoms with van der Waals surface area (Å²) >= 11 is 1.55. The number of fused-ring (bicyclic) bond motifs is 1. The van der Waals surface area contributed by atoms with Gasteiger partial charge in [0.15, 0.2) is 0 Å². The molecule has 0 bridgehead atoms. The minimum Gasteiger partial charge on any atom is -0.395 e. The number of anilines is 3. The Kier molecular flexibility index (Phi) is 7.70. The lowest BCUT2D eigenvalue weighted by atomic mass is 10.1. The number of aliphatic hydroxyl groups is 1. The van der Waals surface area contributed by atoms with Crippen LogP contribution in [0.4, 0.5) is 29.7 Å². The number of halogens is 3. The van der Waals surface area contributed by atoms with Gasteiger partial charge in [-0.2, -0.15) is 13.2 Å². The number of hydrogen-bond donors (Lipinski definition) is 3. The Labute approximate surface area is 209 Å². The normalized spacial score (nSPS) is 11.5. The molecule has 2 heterocycles. The number of hydrogen-bond acceptors (Lipinski definition) is 7. The van der Waals surface area contributed by atoms with Gasteiger partial charge in [0, 0.05) is 31.4 Å². The summed E-state index contributed by atoms with van der Waals surface area (Å²) in [6.45, 7) is 1.20. The monoisotopic (exact) mass is 515 g/mol. The van der Waals surface area contributed by atoms with Crippen LogP contribution in [-0.4, -0.2) is 47.7 Å². The second-order valence-corrected chi connectivity index (χ2v) is 9.10. The molecule has 2 aromatic carbocycles. The summed E-state index contributed by atoms with van der Waals surface area (Å²) in [4.78, 5) is 23.0. The molecule has 0 aliphatic heterocycles. The fourth-order valence-corrected chi connectivity index (χ4v) is 4.60. The minimum absolute atomic E-state index is 0.0615. The first kappa shape index (κ1) is 25.4. The van der Waals surface area contributed by atoms with Crippen molar-refractivity contribution < 1.29 is 23.1 Å². The van der Waals surface area contributed by atoms with Gasteiger partial charge in [0.25, 0.3) is 5.91 Å². The number of rotatable bonds is 9.